The van der Waals surface area contributed by atoms with Gasteiger partial charge >= 0.3 is 11.9 Å². The number of hydrogen-bond donors (Lipinski definition) is 1. The third kappa shape index (κ3) is 2.43. The van der Waals surface area contributed by atoms with Crippen LogP contribution in [0.4, 0.5) is 22.0 Å². The van der Waals surface area contributed by atoms with Gasteiger partial charge in [0.05, 0.1) is 5.56 Å². The Labute approximate surface area is 92.0 Å². The molecule has 1 aromatic carbocycles. The summed E-state index contributed by atoms with van der Waals surface area (Å²) >= 11 is 0. The van der Waals surface area contributed by atoms with Crippen molar-refractivity contribution in [1.82, 2.24) is 0 Å². The van der Waals surface area contributed by atoms with Gasteiger partial charge < -0.3 is 5.11 Å². The van der Waals surface area contributed by atoms with Gasteiger partial charge in [-0.2, -0.15) is 17.6 Å². The largest absolute Gasteiger partial charge is 0.478 e. The molecule has 1 rings (SSSR count). The molecule has 0 saturated carbocycles. The summed E-state index contributed by atoms with van der Waals surface area (Å²) in [6.07, 6.45) is -3.06. The van der Waals surface area contributed by atoms with E-state index in [1.165, 1.54) is 0 Å². The Morgan fingerprint density at radius 1 is 1.18 bits per heavy atom. The zero-order valence-corrected chi connectivity index (χ0v) is 8.05. The van der Waals surface area contributed by atoms with E-state index in [4.69, 9.17) is 5.11 Å². The molecular weight excluding hydrogens is 247 g/mol. The van der Waals surface area contributed by atoms with Crippen LogP contribution in [0.5, 0.6) is 0 Å². The van der Waals surface area contributed by atoms with E-state index in [2.05, 4.69) is 0 Å². The Balaban J connectivity index is 3.43. The molecule has 92 valence electrons. The van der Waals surface area contributed by atoms with Gasteiger partial charge in [0.25, 0.3) is 6.08 Å². The summed E-state index contributed by atoms with van der Waals surface area (Å²) in [7, 11) is 0. The number of halogens is 5. The van der Waals surface area contributed by atoms with E-state index in [1.807, 2.05) is 0 Å². The van der Waals surface area contributed by atoms with Crippen LogP contribution in [0.3, 0.4) is 0 Å². The second-order valence-corrected chi connectivity index (χ2v) is 2.99. The second kappa shape index (κ2) is 4.52. The van der Waals surface area contributed by atoms with Gasteiger partial charge in [0.15, 0.2) is 5.57 Å². The third-order valence-electron chi connectivity index (χ3n) is 1.93. The van der Waals surface area contributed by atoms with Crippen LogP contribution in [0.15, 0.2) is 35.9 Å². The standard InChI is InChI=1S/C10H5F5O2/c11-6-4-2-1-3-5(6)10(14,15)7(8(12)13)9(16)17/h1-4H,(H,16,17). The number of benzene rings is 1. The van der Waals surface area contributed by atoms with Gasteiger partial charge in [-0.25, -0.2) is 9.18 Å². The Bertz CT molecular complexity index is 477. The quantitative estimate of drug-likeness (QED) is 0.662. The SMILES string of the molecule is O=C(O)C(=C(F)F)C(F)(F)c1ccccc1F. The molecule has 0 radical (unpaired) electrons. The van der Waals surface area contributed by atoms with Crippen LogP contribution in [0.2, 0.25) is 0 Å². The minimum Gasteiger partial charge on any atom is -0.478 e. The Kier molecular flexibility index (Phi) is 3.50. The predicted octanol–water partition coefficient (Wildman–Crippen LogP) is 3.15. The van der Waals surface area contributed by atoms with Gasteiger partial charge in [-0.3, -0.25) is 0 Å². The molecule has 7 heteroatoms. The summed E-state index contributed by atoms with van der Waals surface area (Å²) in [4.78, 5) is 10.3. The maximum Gasteiger partial charge on any atom is 0.343 e. The average molecular weight is 252 g/mol. The lowest BCUT2D eigenvalue weighted by molar-refractivity contribution is -0.137. The number of carboxylic acids is 1. The van der Waals surface area contributed by atoms with Crippen molar-refractivity contribution in [2.75, 3.05) is 0 Å². The monoisotopic (exact) mass is 252 g/mol. The molecule has 0 aromatic heterocycles. The molecule has 0 amide bonds. The predicted molar refractivity (Wildman–Crippen MR) is 47.2 cm³/mol. The van der Waals surface area contributed by atoms with E-state index in [9.17, 15) is 26.7 Å². The Morgan fingerprint density at radius 2 is 1.71 bits per heavy atom. The van der Waals surface area contributed by atoms with Crippen molar-refractivity contribution in [3.05, 3.63) is 47.3 Å². The van der Waals surface area contributed by atoms with Crippen LogP contribution < -0.4 is 0 Å². The molecule has 0 bridgehead atoms. The highest BCUT2D eigenvalue weighted by atomic mass is 19.3. The molecule has 0 aliphatic heterocycles. The van der Waals surface area contributed by atoms with Crippen LogP contribution in [0, 0.1) is 5.82 Å². The van der Waals surface area contributed by atoms with Crippen molar-refractivity contribution >= 4 is 5.97 Å². The molecular formula is C10H5F5O2. The number of carboxylic acid groups (broad SMARTS) is 1. The zero-order chi connectivity index (χ0) is 13.2. The number of alkyl halides is 2. The summed E-state index contributed by atoms with van der Waals surface area (Å²) in [5.41, 5.74) is -3.84. The lowest BCUT2D eigenvalue weighted by Gasteiger charge is -2.17. The van der Waals surface area contributed by atoms with E-state index >= 15 is 0 Å². The minimum atomic E-state index is -4.60. The van der Waals surface area contributed by atoms with Crippen LogP contribution in [-0.2, 0) is 10.7 Å². The van der Waals surface area contributed by atoms with Gasteiger partial charge in [0.2, 0.25) is 0 Å². The first-order valence-corrected chi connectivity index (χ1v) is 4.20. The number of carbonyl (C=O) groups is 1. The molecule has 1 N–H and O–H groups in total. The fourth-order valence-electron chi connectivity index (χ4n) is 1.18. The lowest BCUT2D eigenvalue weighted by atomic mass is 10.0. The fourth-order valence-corrected chi connectivity index (χ4v) is 1.18. The van der Waals surface area contributed by atoms with Gasteiger partial charge in [-0.15, -0.1) is 0 Å². The molecule has 0 spiro atoms. The van der Waals surface area contributed by atoms with Crippen molar-refractivity contribution in [2.24, 2.45) is 0 Å². The van der Waals surface area contributed by atoms with Gasteiger partial charge in [0.1, 0.15) is 5.82 Å². The first kappa shape index (κ1) is 13.1. The van der Waals surface area contributed by atoms with E-state index in [0.717, 1.165) is 12.1 Å². The molecule has 1 aromatic rings. The number of hydrogen-bond acceptors (Lipinski definition) is 1. The number of aliphatic carboxylic acids is 1. The maximum absolute atomic E-state index is 13.4. The number of rotatable bonds is 3. The Morgan fingerprint density at radius 3 is 2.12 bits per heavy atom. The third-order valence-corrected chi connectivity index (χ3v) is 1.93. The van der Waals surface area contributed by atoms with Crippen molar-refractivity contribution in [2.45, 2.75) is 5.92 Å². The summed E-state index contributed by atoms with van der Waals surface area (Å²) in [6.45, 7) is 0. The van der Waals surface area contributed by atoms with E-state index < -0.39 is 34.9 Å². The van der Waals surface area contributed by atoms with Crippen molar-refractivity contribution in [3.8, 4) is 0 Å². The molecule has 0 fully saturated rings. The van der Waals surface area contributed by atoms with Crippen LogP contribution in [0.25, 0.3) is 0 Å². The van der Waals surface area contributed by atoms with Crippen LogP contribution in [-0.4, -0.2) is 11.1 Å². The molecule has 0 aliphatic carbocycles. The highest BCUT2D eigenvalue weighted by molar-refractivity contribution is 5.89. The highest BCUT2D eigenvalue weighted by Crippen LogP contribution is 2.39. The summed E-state index contributed by atoms with van der Waals surface area (Å²) in [6, 6.07) is 3.23. The van der Waals surface area contributed by atoms with Crippen LogP contribution >= 0.6 is 0 Å². The summed E-state index contributed by atoms with van der Waals surface area (Å²) < 4.78 is 64.2. The lowest BCUT2D eigenvalue weighted by Crippen LogP contribution is -2.25. The molecule has 2 nitrogen and oxygen atoms in total. The fraction of sp³-hybridized carbons (Fsp3) is 0.100. The molecule has 0 heterocycles. The molecule has 0 unspecified atom stereocenters. The highest BCUT2D eigenvalue weighted by Gasteiger charge is 2.46. The molecule has 17 heavy (non-hydrogen) atoms. The molecule has 0 aliphatic rings. The first-order chi connectivity index (χ1) is 7.78. The van der Waals surface area contributed by atoms with Crippen LogP contribution in [0.1, 0.15) is 5.56 Å². The maximum atomic E-state index is 13.4. The van der Waals surface area contributed by atoms with E-state index in [1.54, 1.807) is 0 Å². The van der Waals surface area contributed by atoms with E-state index in [-0.39, 0.29) is 0 Å². The average Bonchev–Trinajstić information content (AvgIpc) is 2.15. The smallest absolute Gasteiger partial charge is 0.343 e. The van der Waals surface area contributed by atoms with Gasteiger partial charge in [-0.1, -0.05) is 12.1 Å². The molecule has 0 saturated heterocycles. The van der Waals surface area contributed by atoms with Crippen molar-refractivity contribution in [3.63, 3.8) is 0 Å². The second-order valence-electron chi connectivity index (χ2n) is 2.99. The minimum absolute atomic E-state index is 0.543. The zero-order valence-electron chi connectivity index (χ0n) is 8.05. The van der Waals surface area contributed by atoms with Crippen molar-refractivity contribution < 1.29 is 31.9 Å². The summed E-state index contributed by atoms with van der Waals surface area (Å²) in [5, 5.41) is 8.29. The first-order valence-electron chi connectivity index (χ1n) is 4.20. The normalized spacial score (nSPS) is 11.1. The topological polar surface area (TPSA) is 37.3 Å². The van der Waals surface area contributed by atoms with Crippen molar-refractivity contribution in [1.29, 1.82) is 0 Å². The van der Waals surface area contributed by atoms with Gasteiger partial charge in [-0.05, 0) is 12.1 Å². The van der Waals surface area contributed by atoms with E-state index in [0.29, 0.717) is 12.1 Å². The molecule has 0 atom stereocenters. The van der Waals surface area contributed by atoms with Gasteiger partial charge in [0, 0.05) is 0 Å². The summed E-state index contributed by atoms with van der Waals surface area (Å²) in [5.74, 6) is -8.56. The Hall–Kier alpha value is -1.92.